The molecule has 0 saturated heterocycles. The molecule has 4 nitrogen and oxygen atoms in total. The summed E-state index contributed by atoms with van der Waals surface area (Å²) in [6.45, 7) is 2.74. The predicted molar refractivity (Wildman–Crippen MR) is 93.2 cm³/mol. The molecule has 1 atom stereocenters. The molecule has 118 valence electrons. The quantitative estimate of drug-likeness (QED) is 0.730. The van der Waals surface area contributed by atoms with Crippen LogP contribution in [0.5, 0.6) is 0 Å². The summed E-state index contributed by atoms with van der Waals surface area (Å²) in [7, 11) is 0. The summed E-state index contributed by atoms with van der Waals surface area (Å²) in [6, 6.07) is 19.2. The zero-order chi connectivity index (χ0) is 16.1. The number of nitrogens with one attached hydrogen (secondary N) is 1. The topological polar surface area (TPSA) is 50.1 Å². The molecule has 0 bridgehead atoms. The van der Waals surface area contributed by atoms with Crippen LogP contribution in [0.25, 0.3) is 11.1 Å². The van der Waals surface area contributed by atoms with Crippen molar-refractivity contribution in [2.24, 2.45) is 0 Å². The van der Waals surface area contributed by atoms with Crippen molar-refractivity contribution in [2.45, 2.75) is 19.5 Å². The molecule has 0 spiro atoms. The molecule has 3 aromatic rings. The minimum Gasteiger partial charge on any atom is -0.394 e. The van der Waals surface area contributed by atoms with Gasteiger partial charge in [0.2, 0.25) is 0 Å². The van der Waals surface area contributed by atoms with Crippen LogP contribution in [0, 0.1) is 0 Å². The van der Waals surface area contributed by atoms with Crippen LogP contribution in [0.1, 0.15) is 18.5 Å². The largest absolute Gasteiger partial charge is 0.394 e. The normalized spacial score (nSPS) is 12.1. The van der Waals surface area contributed by atoms with Gasteiger partial charge in [-0.25, -0.2) is 0 Å². The third kappa shape index (κ3) is 3.79. The maximum atomic E-state index is 8.93. The minimum atomic E-state index is 0.0949. The summed E-state index contributed by atoms with van der Waals surface area (Å²) in [5.74, 6) is 0. The van der Waals surface area contributed by atoms with Gasteiger partial charge in [-0.1, -0.05) is 54.6 Å². The van der Waals surface area contributed by atoms with Crippen LogP contribution in [-0.2, 0) is 6.54 Å². The van der Waals surface area contributed by atoms with Gasteiger partial charge in [-0.15, -0.1) is 0 Å². The summed E-state index contributed by atoms with van der Waals surface area (Å²) in [5, 5.41) is 16.6. The van der Waals surface area contributed by atoms with Crippen LogP contribution >= 0.6 is 0 Å². The van der Waals surface area contributed by atoms with Gasteiger partial charge in [-0.2, -0.15) is 5.10 Å². The van der Waals surface area contributed by atoms with Crippen LogP contribution in [0.2, 0.25) is 0 Å². The van der Waals surface area contributed by atoms with Crippen LogP contribution in [0.4, 0.5) is 5.69 Å². The molecular formula is C19H21N3O. The summed E-state index contributed by atoms with van der Waals surface area (Å²) < 4.78 is 1.73. The van der Waals surface area contributed by atoms with E-state index in [1.54, 1.807) is 10.9 Å². The van der Waals surface area contributed by atoms with Gasteiger partial charge in [0.15, 0.2) is 0 Å². The lowest BCUT2D eigenvalue weighted by molar-refractivity contribution is 0.269. The Morgan fingerprint density at radius 3 is 2.43 bits per heavy atom. The molecule has 3 rings (SSSR count). The second-order valence-electron chi connectivity index (χ2n) is 5.57. The van der Waals surface area contributed by atoms with E-state index >= 15 is 0 Å². The van der Waals surface area contributed by atoms with Crippen LogP contribution < -0.4 is 5.32 Å². The van der Waals surface area contributed by atoms with Crippen LogP contribution in [0.15, 0.2) is 67.0 Å². The van der Waals surface area contributed by atoms with Crippen molar-refractivity contribution < 1.29 is 5.11 Å². The van der Waals surface area contributed by atoms with E-state index in [0.717, 1.165) is 5.69 Å². The molecule has 0 aliphatic carbocycles. The Bertz CT molecular complexity index is 735. The number of hydrogen-bond acceptors (Lipinski definition) is 3. The lowest BCUT2D eigenvalue weighted by atomic mass is 10.0. The van der Waals surface area contributed by atoms with Crippen molar-refractivity contribution in [1.29, 1.82) is 0 Å². The van der Waals surface area contributed by atoms with Gasteiger partial charge in [0.25, 0.3) is 0 Å². The highest BCUT2D eigenvalue weighted by molar-refractivity contribution is 5.63. The molecule has 2 aromatic carbocycles. The molecule has 0 saturated carbocycles. The average molecular weight is 307 g/mol. The predicted octanol–water partition coefficient (Wildman–Crippen LogP) is 3.72. The fourth-order valence-electron chi connectivity index (χ4n) is 2.59. The van der Waals surface area contributed by atoms with Crippen LogP contribution in [-0.4, -0.2) is 21.5 Å². The highest BCUT2D eigenvalue weighted by Gasteiger charge is 2.07. The standard InChI is InChI=1S/C19H21N3O/c1-15(21-19-13-20-22(14-19)11-12-23)16-7-9-18(10-8-16)17-5-3-2-4-6-17/h2-10,13-15,21,23H,11-12H2,1H3. The van der Waals surface area contributed by atoms with E-state index < -0.39 is 0 Å². The Balaban J connectivity index is 1.68. The van der Waals surface area contributed by atoms with Gasteiger partial charge in [0, 0.05) is 12.2 Å². The Labute approximate surface area is 136 Å². The monoisotopic (exact) mass is 307 g/mol. The summed E-state index contributed by atoms with van der Waals surface area (Å²) >= 11 is 0. The fourth-order valence-corrected chi connectivity index (χ4v) is 2.59. The molecule has 0 amide bonds. The second-order valence-corrected chi connectivity index (χ2v) is 5.57. The number of anilines is 1. The Kier molecular flexibility index (Phi) is 4.74. The number of rotatable bonds is 6. The van der Waals surface area contributed by atoms with Gasteiger partial charge in [0.05, 0.1) is 25.0 Å². The first-order valence-corrected chi connectivity index (χ1v) is 7.81. The van der Waals surface area contributed by atoms with Crippen molar-refractivity contribution in [3.8, 4) is 11.1 Å². The van der Waals surface area contributed by atoms with E-state index in [2.05, 4.69) is 65.9 Å². The Morgan fingerprint density at radius 2 is 1.74 bits per heavy atom. The number of aromatic nitrogens is 2. The third-order valence-electron chi connectivity index (χ3n) is 3.86. The molecule has 0 aliphatic heterocycles. The fraction of sp³-hybridized carbons (Fsp3) is 0.211. The number of hydrogen-bond donors (Lipinski definition) is 2. The zero-order valence-corrected chi connectivity index (χ0v) is 13.2. The second kappa shape index (κ2) is 7.11. The van der Waals surface area contributed by atoms with Crippen molar-refractivity contribution >= 4 is 5.69 Å². The number of aliphatic hydroxyl groups is 1. The first-order chi connectivity index (χ1) is 11.3. The smallest absolute Gasteiger partial charge is 0.0731 e. The van der Waals surface area contributed by atoms with Crippen LogP contribution in [0.3, 0.4) is 0 Å². The molecule has 23 heavy (non-hydrogen) atoms. The van der Waals surface area contributed by atoms with Gasteiger partial charge >= 0.3 is 0 Å². The lowest BCUT2D eigenvalue weighted by Gasteiger charge is -2.14. The highest BCUT2D eigenvalue weighted by atomic mass is 16.3. The van der Waals surface area contributed by atoms with E-state index in [9.17, 15) is 0 Å². The van der Waals surface area contributed by atoms with E-state index in [1.807, 2.05) is 12.3 Å². The maximum absolute atomic E-state index is 8.93. The van der Waals surface area contributed by atoms with E-state index in [0.29, 0.717) is 6.54 Å². The molecule has 0 fully saturated rings. The summed E-state index contributed by atoms with van der Waals surface area (Å²) in [5.41, 5.74) is 4.62. The van der Waals surface area contributed by atoms with Crippen molar-refractivity contribution in [3.63, 3.8) is 0 Å². The molecule has 1 aromatic heterocycles. The van der Waals surface area contributed by atoms with Crippen molar-refractivity contribution in [2.75, 3.05) is 11.9 Å². The molecule has 0 aliphatic rings. The Morgan fingerprint density at radius 1 is 1.04 bits per heavy atom. The zero-order valence-electron chi connectivity index (χ0n) is 13.2. The minimum absolute atomic E-state index is 0.0949. The van der Waals surface area contributed by atoms with E-state index in [4.69, 9.17) is 5.11 Å². The first-order valence-electron chi connectivity index (χ1n) is 7.81. The van der Waals surface area contributed by atoms with Gasteiger partial charge in [-0.3, -0.25) is 4.68 Å². The summed E-state index contributed by atoms with van der Waals surface area (Å²) in [4.78, 5) is 0. The van der Waals surface area contributed by atoms with Gasteiger partial charge in [0.1, 0.15) is 0 Å². The number of benzene rings is 2. The lowest BCUT2D eigenvalue weighted by Crippen LogP contribution is -2.06. The average Bonchev–Trinajstić information content (AvgIpc) is 3.03. The Hall–Kier alpha value is -2.59. The van der Waals surface area contributed by atoms with Gasteiger partial charge in [-0.05, 0) is 23.6 Å². The first kappa shape index (κ1) is 15.3. The number of aliphatic hydroxyl groups excluding tert-OH is 1. The molecule has 4 heteroatoms. The maximum Gasteiger partial charge on any atom is 0.0731 e. The molecule has 2 N–H and O–H groups in total. The van der Waals surface area contributed by atoms with Crippen molar-refractivity contribution in [1.82, 2.24) is 9.78 Å². The molecule has 0 radical (unpaired) electrons. The van der Waals surface area contributed by atoms with E-state index in [1.165, 1.54) is 16.7 Å². The summed E-state index contributed by atoms with van der Waals surface area (Å²) in [6.07, 6.45) is 3.69. The van der Waals surface area contributed by atoms with Crippen molar-refractivity contribution in [3.05, 3.63) is 72.6 Å². The molecule has 1 unspecified atom stereocenters. The van der Waals surface area contributed by atoms with Gasteiger partial charge < -0.3 is 10.4 Å². The molecule has 1 heterocycles. The third-order valence-corrected chi connectivity index (χ3v) is 3.86. The van der Waals surface area contributed by atoms with E-state index in [-0.39, 0.29) is 12.6 Å². The SMILES string of the molecule is CC(Nc1cnn(CCO)c1)c1ccc(-c2ccccc2)cc1. The molecular weight excluding hydrogens is 286 g/mol. The highest BCUT2D eigenvalue weighted by Crippen LogP contribution is 2.23. The number of nitrogens with zero attached hydrogens (tertiary/aromatic N) is 2.